The van der Waals surface area contributed by atoms with Crippen molar-refractivity contribution >= 4 is 5.91 Å². The van der Waals surface area contributed by atoms with Crippen LogP contribution in [0.5, 0.6) is 17.2 Å². The van der Waals surface area contributed by atoms with Gasteiger partial charge in [0.25, 0.3) is 0 Å². The number of fused-ring (bicyclic) bond motifs is 3. The number of amides is 1. The summed E-state index contributed by atoms with van der Waals surface area (Å²) in [6, 6.07) is 6.13. The van der Waals surface area contributed by atoms with Crippen LogP contribution in [0.3, 0.4) is 0 Å². The van der Waals surface area contributed by atoms with Crippen LogP contribution >= 0.6 is 0 Å². The Kier molecular flexibility index (Phi) is 5.12. The third-order valence-corrected chi connectivity index (χ3v) is 4.64. The van der Waals surface area contributed by atoms with Gasteiger partial charge in [0.05, 0.1) is 26.4 Å². The largest absolute Gasteiger partial charge is 0.508 e. The van der Waals surface area contributed by atoms with Gasteiger partial charge in [0.15, 0.2) is 11.5 Å². The fraction of sp³-hybridized carbons (Fsp3) is 0.316. The van der Waals surface area contributed by atoms with E-state index in [2.05, 4.69) is 0 Å². The Labute approximate surface area is 158 Å². The SMILES string of the molecule is COc1cc2c(cc1OC)C(O)CC(NC(=O)C(F)(F)F)c1cc(O)ccc1-2. The smallest absolute Gasteiger partial charge is 0.471 e. The van der Waals surface area contributed by atoms with E-state index in [9.17, 15) is 28.2 Å². The van der Waals surface area contributed by atoms with Gasteiger partial charge in [0.1, 0.15) is 5.75 Å². The zero-order chi connectivity index (χ0) is 20.6. The van der Waals surface area contributed by atoms with Crippen molar-refractivity contribution in [2.75, 3.05) is 14.2 Å². The first-order chi connectivity index (χ1) is 13.2. The van der Waals surface area contributed by atoms with E-state index in [1.54, 1.807) is 12.1 Å². The number of methoxy groups -OCH3 is 2. The summed E-state index contributed by atoms with van der Waals surface area (Å²) in [5, 5.41) is 22.4. The third kappa shape index (κ3) is 3.57. The van der Waals surface area contributed by atoms with Gasteiger partial charge >= 0.3 is 12.1 Å². The highest BCUT2D eigenvalue weighted by molar-refractivity contribution is 5.83. The minimum atomic E-state index is -5.08. The van der Waals surface area contributed by atoms with Gasteiger partial charge in [-0.3, -0.25) is 4.79 Å². The third-order valence-electron chi connectivity index (χ3n) is 4.64. The van der Waals surface area contributed by atoms with E-state index >= 15 is 0 Å². The number of alkyl halides is 3. The van der Waals surface area contributed by atoms with Gasteiger partial charge in [0, 0.05) is 6.42 Å². The fourth-order valence-corrected chi connectivity index (χ4v) is 3.34. The van der Waals surface area contributed by atoms with E-state index in [-0.39, 0.29) is 17.7 Å². The molecule has 9 heteroatoms. The van der Waals surface area contributed by atoms with E-state index in [0.29, 0.717) is 28.2 Å². The summed E-state index contributed by atoms with van der Waals surface area (Å²) in [6.45, 7) is 0. The summed E-state index contributed by atoms with van der Waals surface area (Å²) < 4.78 is 48.8. The van der Waals surface area contributed by atoms with Crippen LogP contribution in [0, 0.1) is 0 Å². The summed E-state index contributed by atoms with van der Waals surface area (Å²) in [5.41, 5.74) is 1.62. The molecule has 0 radical (unpaired) electrons. The molecule has 1 aliphatic rings. The molecule has 0 spiro atoms. The number of phenolic OH excluding ortho intramolecular Hbond substituents is 1. The number of hydrogen-bond donors (Lipinski definition) is 3. The number of nitrogens with one attached hydrogen (secondary N) is 1. The molecule has 150 valence electrons. The summed E-state index contributed by atoms with van der Waals surface area (Å²) in [5.74, 6) is -1.59. The lowest BCUT2D eigenvalue weighted by molar-refractivity contribution is -0.174. The Hall–Kier alpha value is -2.94. The molecule has 3 rings (SSSR count). The lowest BCUT2D eigenvalue weighted by Gasteiger charge is -2.21. The minimum Gasteiger partial charge on any atom is -0.508 e. The first kappa shape index (κ1) is 19.8. The maximum Gasteiger partial charge on any atom is 0.471 e. The van der Waals surface area contributed by atoms with Crippen LogP contribution in [0.2, 0.25) is 0 Å². The number of phenols is 1. The number of carbonyl (C=O) groups excluding carboxylic acids is 1. The Balaban J connectivity index is 2.18. The van der Waals surface area contributed by atoms with Gasteiger partial charge in [-0.25, -0.2) is 0 Å². The van der Waals surface area contributed by atoms with Crippen molar-refractivity contribution in [2.24, 2.45) is 0 Å². The standard InChI is InChI=1S/C19H18F3NO5/c1-27-16-6-11-10-4-3-9(24)5-12(10)14(23-18(26)19(20,21)22)8-15(25)13(11)7-17(16)28-2/h3-7,14-15,24-25H,8H2,1-2H3,(H,23,26). The molecular formula is C19H18F3NO5. The van der Waals surface area contributed by atoms with Gasteiger partial charge in [-0.1, -0.05) is 6.07 Å². The van der Waals surface area contributed by atoms with E-state index in [0.717, 1.165) is 0 Å². The summed E-state index contributed by atoms with van der Waals surface area (Å²) in [6.07, 6.45) is -6.49. The predicted molar refractivity (Wildman–Crippen MR) is 93.2 cm³/mol. The van der Waals surface area contributed by atoms with Crippen LogP contribution in [0.4, 0.5) is 13.2 Å². The molecule has 2 unspecified atom stereocenters. The first-order valence-corrected chi connectivity index (χ1v) is 8.30. The molecule has 1 amide bonds. The number of rotatable bonds is 3. The summed E-state index contributed by atoms with van der Waals surface area (Å²) >= 11 is 0. The molecule has 2 atom stereocenters. The molecule has 2 aromatic carbocycles. The van der Waals surface area contributed by atoms with Crippen molar-refractivity contribution in [2.45, 2.75) is 24.7 Å². The van der Waals surface area contributed by atoms with Crippen molar-refractivity contribution in [3.8, 4) is 28.4 Å². The molecular weight excluding hydrogens is 379 g/mol. The number of aliphatic hydroxyl groups excluding tert-OH is 1. The molecule has 6 nitrogen and oxygen atoms in total. The van der Waals surface area contributed by atoms with Gasteiger partial charge in [-0.05, 0) is 46.5 Å². The molecule has 0 bridgehead atoms. The second-order valence-electron chi connectivity index (χ2n) is 6.34. The van der Waals surface area contributed by atoms with Crippen LogP contribution in [0.25, 0.3) is 11.1 Å². The highest BCUT2D eigenvalue weighted by Crippen LogP contribution is 2.46. The number of halogens is 3. The Morgan fingerprint density at radius 3 is 2.32 bits per heavy atom. The molecule has 0 saturated heterocycles. The van der Waals surface area contributed by atoms with Crippen molar-refractivity contribution in [3.63, 3.8) is 0 Å². The van der Waals surface area contributed by atoms with Crippen LogP contribution in [0.1, 0.15) is 29.7 Å². The molecule has 2 aromatic rings. The van der Waals surface area contributed by atoms with Gasteiger partial charge in [0.2, 0.25) is 0 Å². The number of benzene rings is 2. The summed E-state index contributed by atoms with van der Waals surface area (Å²) in [7, 11) is 2.85. The quantitative estimate of drug-likeness (QED) is 0.740. The second-order valence-corrected chi connectivity index (χ2v) is 6.34. The number of ether oxygens (including phenoxy) is 2. The fourth-order valence-electron chi connectivity index (χ4n) is 3.34. The second kappa shape index (κ2) is 7.23. The zero-order valence-electron chi connectivity index (χ0n) is 15.0. The molecule has 0 aromatic heterocycles. The Morgan fingerprint density at radius 1 is 1.07 bits per heavy atom. The average Bonchev–Trinajstić information content (AvgIpc) is 2.75. The monoisotopic (exact) mass is 397 g/mol. The van der Waals surface area contributed by atoms with E-state index in [4.69, 9.17) is 9.47 Å². The van der Waals surface area contributed by atoms with E-state index in [1.807, 2.05) is 5.32 Å². The van der Waals surface area contributed by atoms with Gasteiger partial charge in [-0.15, -0.1) is 0 Å². The summed E-state index contributed by atoms with van der Waals surface area (Å²) in [4.78, 5) is 11.5. The normalized spacial score (nSPS) is 18.5. The topological polar surface area (TPSA) is 88.0 Å². The Morgan fingerprint density at radius 2 is 1.71 bits per heavy atom. The molecule has 1 aliphatic carbocycles. The van der Waals surface area contributed by atoms with Crippen molar-refractivity contribution in [1.29, 1.82) is 0 Å². The van der Waals surface area contributed by atoms with Gasteiger partial charge in [-0.2, -0.15) is 13.2 Å². The lowest BCUT2D eigenvalue weighted by atomic mass is 9.94. The number of aromatic hydroxyl groups is 1. The minimum absolute atomic E-state index is 0.177. The number of aliphatic hydroxyl groups is 1. The van der Waals surface area contributed by atoms with Crippen LogP contribution < -0.4 is 14.8 Å². The maximum atomic E-state index is 12.8. The lowest BCUT2D eigenvalue weighted by Crippen LogP contribution is -2.39. The molecule has 0 saturated carbocycles. The number of carbonyl (C=O) groups is 1. The molecule has 3 N–H and O–H groups in total. The van der Waals surface area contributed by atoms with Crippen LogP contribution in [-0.2, 0) is 4.79 Å². The zero-order valence-corrected chi connectivity index (χ0v) is 15.0. The predicted octanol–water partition coefficient (Wildman–Crippen LogP) is 3.23. The molecule has 0 heterocycles. The highest BCUT2D eigenvalue weighted by atomic mass is 19.4. The van der Waals surface area contributed by atoms with Crippen molar-refractivity contribution in [1.82, 2.24) is 5.32 Å². The van der Waals surface area contributed by atoms with E-state index in [1.165, 1.54) is 32.4 Å². The maximum absolute atomic E-state index is 12.8. The van der Waals surface area contributed by atoms with E-state index < -0.39 is 24.2 Å². The highest BCUT2D eigenvalue weighted by Gasteiger charge is 2.41. The van der Waals surface area contributed by atoms with Crippen LogP contribution in [-0.4, -0.2) is 36.5 Å². The Bertz CT molecular complexity index is 913. The van der Waals surface area contributed by atoms with Crippen molar-refractivity contribution in [3.05, 3.63) is 41.5 Å². The molecule has 0 aliphatic heterocycles. The first-order valence-electron chi connectivity index (χ1n) is 8.30. The number of hydrogen-bond acceptors (Lipinski definition) is 5. The molecule has 28 heavy (non-hydrogen) atoms. The van der Waals surface area contributed by atoms with Crippen molar-refractivity contribution < 1.29 is 37.7 Å². The molecule has 0 fully saturated rings. The van der Waals surface area contributed by atoms with Crippen LogP contribution in [0.15, 0.2) is 30.3 Å². The average molecular weight is 397 g/mol. The van der Waals surface area contributed by atoms with Gasteiger partial charge < -0.3 is 25.0 Å².